The molecule has 7 heteroatoms. The highest BCUT2D eigenvalue weighted by Gasteiger charge is 2.18. The highest BCUT2D eigenvalue weighted by atomic mass is 16.4. The van der Waals surface area contributed by atoms with Gasteiger partial charge in [0.2, 0.25) is 5.91 Å². The van der Waals surface area contributed by atoms with Crippen molar-refractivity contribution in [1.29, 1.82) is 0 Å². The van der Waals surface area contributed by atoms with Crippen LogP contribution in [0.25, 0.3) is 0 Å². The Labute approximate surface area is 124 Å². The highest BCUT2D eigenvalue weighted by Crippen LogP contribution is 2.22. The first-order valence-corrected chi connectivity index (χ1v) is 7.24. The Morgan fingerprint density at radius 1 is 1.38 bits per heavy atom. The summed E-state index contributed by atoms with van der Waals surface area (Å²) < 4.78 is 1.23. The van der Waals surface area contributed by atoms with E-state index in [0.717, 1.165) is 12.8 Å². The second-order valence-electron chi connectivity index (χ2n) is 6.00. The van der Waals surface area contributed by atoms with Gasteiger partial charge in [0.05, 0.1) is 6.20 Å². The van der Waals surface area contributed by atoms with Crippen molar-refractivity contribution in [3.63, 3.8) is 0 Å². The molecule has 0 aliphatic rings. The third-order valence-corrected chi connectivity index (χ3v) is 3.28. The minimum atomic E-state index is -1.15. The summed E-state index contributed by atoms with van der Waals surface area (Å²) in [6.45, 7) is 6.99. The van der Waals surface area contributed by atoms with E-state index in [4.69, 9.17) is 5.11 Å². The molecular weight excluding hydrogens is 272 g/mol. The lowest BCUT2D eigenvalue weighted by molar-refractivity contribution is -0.122. The molecule has 7 nitrogen and oxygen atoms in total. The fraction of sp³-hybridized carbons (Fsp3) is 0.714. The molecule has 1 heterocycles. The van der Waals surface area contributed by atoms with Crippen LogP contribution in [0.1, 0.15) is 56.9 Å². The van der Waals surface area contributed by atoms with Gasteiger partial charge in [0, 0.05) is 6.54 Å². The Bertz CT molecular complexity index is 482. The van der Waals surface area contributed by atoms with Gasteiger partial charge >= 0.3 is 5.97 Å². The summed E-state index contributed by atoms with van der Waals surface area (Å²) in [4.78, 5) is 22.5. The Hall–Kier alpha value is -1.92. The fourth-order valence-corrected chi connectivity index (χ4v) is 1.96. The zero-order chi connectivity index (χ0) is 15.9. The van der Waals surface area contributed by atoms with Crippen LogP contribution in [-0.2, 0) is 11.3 Å². The maximum Gasteiger partial charge on any atom is 0.358 e. The van der Waals surface area contributed by atoms with E-state index < -0.39 is 5.97 Å². The summed E-state index contributed by atoms with van der Waals surface area (Å²) in [5.41, 5.74) is -0.109. The molecule has 0 radical (unpaired) electrons. The minimum absolute atomic E-state index is 0.0225. The van der Waals surface area contributed by atoms with Crippen LogP contribution in [0, 0.1) is 5.41 Å². The van der Waals surface area contributed by atoms with E-state index in [9.17, 15) is 9.59 Å². The number of carbonyl (C=O) groups excluding carboxylic acids is 1. The molecule has 1 rings (SSSR count). The third kappa shape index (κ3) is 6.37. The molecule has 118 valence electrons. The number of nitrogens with zero attached hydrogens (tertiary/aromatic N) is 3. The largest absolute Gasteiger partial charge is 0.476 e. The van der Waals surface area contributed by atoms with Gasteiger partial charge in [0.25, 0.3) is 0 Å². The summed E-state index contributed by atoms with van der Waals surface area (Å²) in [5.74, 6) is -1.35. The Balaban J connectivity index is 2.37. The summed E-state index contributed by atoms with van der Waals surface area (Å²) in [5, 5.41) is 18.7. The first kappa shape index (κ1) is 17.1. The topological polar surface area (TPSA) is 97.1 Å². The number of hydrogen-bond donors (Lipinski definition) is 2. The van der Waals surface area contributed by atoms with E-state index in [0.29, 0.717) is 6.54 Å². The van der Waals surface area contributed by atoms with Gasteiger partial charge < -0.3 is 10.4 Å². The van der Waals surface area contributed by atoms with Gasteiger partial charge in [-0.2, -0.15) is 0 Å². The van der Waals surface area contributed by atoms with Crippen LogP contribution < -0.4 is 5.32 Å². The second-order valence-corrected chi connectivity index (χ2v) is 6.00. The van der Waals surface area contributed by atoms with Crippen molar-refractivity contribution < 1.29 is 14.7 Å². The number of carbonyl (C=O) groups is 2. The van der Waals surface area contributed by atoms with E-state index in [1.807, 2.05) is 0 Å². The molecular formula is C14H24N4O3. The lowest BCUT2D eigenvalue weighted by Gasteiger charge is -2.24. The number of hydrogen-bond acceptors (Lipinski definition) is 4. The van der Waals surface area contributed by atoms with Crippen LogP contribution in [0.4, 0.5) is 0 Å². The van der Waals surface area contributed by atoms with Crippen molar-refractivity contribution in [3.05, 3.63) is 11.9 Å². The fourth-order valence-electron chi connectivity index (χ4n) is 1.96. The van der Waals surface area contributed by atoms with Gasteiger partial charge in [-0.3, -0.25) is 4.79 Å². The van der Waals surface area contributed by atoms with Gasteiger partial charge in [-0.25, -0.2) is 9.48 Å². The Morgan fingerprint density at radius 2 is 2.10 bits per heavy atom. The molecule has 21 heavy (non-hydrogen) atoms. The van der Waals surface area contributed by atoms with E-state index in [2.05, 4.69) is 36.4 Å². The first-order chi connectivity index (χ1) is 9.84. The zero-order valence-corrected chi connectivity index (χ0v) is 12.9. The number of unbranched alkanes of at least 4 members (excludes halogenated alkanes) is 2. The number of amides is 1. The van der Waals surface area contributed by atoms with Crippen LogP contribution >= 0.6 is 0 Å². The van der Waals surface area contributed by atoms with Crippen LogP contribution in [-0.4, -0.2) is 38.5 Å². The molecule has 2 N–H and O–H groups in total. The molecule has 0 unspecified atom stereocenters. The van der Waals surface area contributed by atoms with Crippen molar-refractivity contribution in [1.82, 2.24) is 20.3 Å². The van der Waals surface area contributed by atoms with Crippen molar-refractivity contribution in [2.24, 2.45) is 5.41 Å². The van der Waals surface area contributed by atoms with Gasteiger partial charge in [0.1, 0.15) is 6.54 Å². The lowest BCUT2D eigenvalue weighted by Crippen LogP contribution is -2.36. The molecule has 1 aromatic heterocycles. The zero-order valence-electron chi connectivity index (χ0n) is 12.9. The molecule has 0 aliphatic heterocycles. The van der Waals surface area contributed by atoms with Crippen LogP contribution in [0.3, 0.4) is 0 Å². The monoisotopic (exact) mass is 296 g/mol. The van der Waals surface area contributed by atoms with Gasteiger partial charge in [-0.05, 0) is 11.8 Å². The molecule has 0 saturated heterocycles. The molecule has 1 aromatic rings. The molecule has 1 amide bonds. The molecule has 0 aliphatic carbocycles. The van der Waals surface area contributed by atoms with Gasteiger partial charge in [-0.1, -0.05) is 45.2 Å². The SMILES string of the molecule is CCCCCC(C)(C)CNC(=O)Cn1cc(C(=O)O)nn1. The average molecular weight is 296 g/mol. The minimum Gasteiger partial charge on any atom is -0.476 e. The van der Waals surface area contributed by atoms with Crippen molar-refractivity contribution in [2.75, 3.05) is 6.54 Å². The number of carboxylic acids is 1. The summed E-state index contributed by atoms with van der Waals surface area (Å²) >= 11 is 0. The number of aromatic nitrogens is 3. The average Bonchev–Trinajstić information content (AvgIpc) is 2.85. The summed E-state index contributed by atoms with van der Waals surface area (Å²) in [6, 6.07) is 0. The standard InChI is InChI=1S/C14H24N4O3/c1-4-5-6-7-14(2,3)10-15-12(19)9-18-8-11(13(20)21)16-17-18/h8H,4-7,9-10H2,1-3H3,(H,15,19)(H,20,21). The normalized spacial score (nSPS) is 11.4. The van der Waals surface area contributed by atoms with E-state index >= 15 is 0 Å². The molecule has 0 fully saturated rings. The molecule has 0 saturated carbocycles. The molecule has 0 bridgehead atoms. The van der Waals surface area contributed by atoms with Crippen molar-refractivity contribution >= 4 is 11.9 Å². The summed E-state index contributed by atoms with van der Waals surface area (Å²) in [7, 11) is 0. The lowest BCUT2D eigenvalue weighted by atomic mass is 9.87. The number of aromatic carboxylic acids is 1. The Kier molecular flexibility index (Phi) is 6.33. The number of carboxylic acid groups (broad SMARTS) is 1. The van der Waals surface area contributed by atoms with Crippen molar-refractivity contribution in [2.45, 2.75) is 53.0 Å². The van der Waals surface area contributed by atoms with E-state index in [-0.39, 0.29) is 23.6 Å². The Morgan fingerprint density at radius 3 is 2.67 bits per heavy atom. The van der Waals surface area contributed by atoms with Gasteiger partial charge in [-0.15, -0.1) is 5.10 Å². The number of rotatable bonds is 9. The molecule has 0 aromatic carbocycles. The molecule has 0 atom stereocenters. The third-order valence-electron chi connectivity index (χ3n) is 3.28. The van der Waals surface area contributed by atoms with E-state index in [1.165, 1.54) is 23.7 Å². The maximum atomic E-state index is 11.8. The van der Waals surface area contributed by atoms with Crippen LogP contribution in [0.5, 0.6) is 0 Å². The predicted molar refractivity (Wildman–Crippen MR) is 77.9 cm³/mol. The van der Waals surface area contributed by atoms with E-state index in [1.54, 1.807) is 0 Å². The highest BCUT2D eigenvalue weighted by molar-refractivity contribution is 5.84. The van der Waals surface area contributed by atoms with Crippen molar-refractivity contribution in [3.8, 4) is 0 Å². The smallest absolute Gasteiger partial charge is 0.358 e. The number of nitrogens with one attached hydrogen (secondary N) is 1. The quantitative estimate of drug-likeness (QED) is 0.676. The first-order valence-electron chi connectivity index (χ1n) is 7.24. The maximum absolute atomic E-state index is 11.8. The van der Waals surface area contributed by atoms with Crippen LogP contribution in [0.15, 0.2) is 6.20 Å². The second kappa shape index (κ2) is 7.75. The molecule has 0 spiro atoms. The summed E-state index contributed by atoms with van der Waals surface area (Å²) in [6.07, 6.45) is 5.85. The van der Waals surface area contributed by atoms with Crippen LogP contribution in [0.2, 0.25) is 0 Å². The van der Waals surface area contributed by atoms with Gasteiger partial charge in [0.15, 0.2) is 5.69 Å². The predicted octanol–water partition coefficient (Wildman–Crippen LogP) is 1.70.